The molecular weight excluding hydrogens is 380 g/mol. The number of rotatable bonds is 7. The zero-order chi connectivity index (χ0) is 19.9. The first-order valence-corrected chi connectivity index (χ1v) is 9.04. The molecule has 8 nitrogen and oxygen atoms in total. The number of hydrogen-bond acceptors (Lipinski definition) is 8. The number of ketones is 1. The van der Waals surface area contributed by atoms with Crippen LogP contribution in [-0.4, -0.2) is 44.5 Å². The van der Waals surface area contributed by atoms with Gasteiger partial charge in [0.25, 0.3) is 11.7 Å². The lowest BCUT2D eigenvalue weighted by atomic mass is 10.0. The van der Waals surface area contributed by atoms with Gasteiger partial charge < -0.3 is 10.1 Å². The van der Waals surface area contributed by atoms with E-state index in [0.29, 0.717) is 11.4 Å². The monoisotopic (exact) mass is 396 g/mol. The van der Waals surface area contributed by atoms with Crippen molar-refractivity contribution in [2.24, 2.45) is 0 Å². The van der Waals surface area contributed by atoms with E-state index in [1.54, 1.807) is 48.7 Å². The number of esters is 1. The van der Waals surface area contributed by atoms with Gasteiger partial charge in [0, 0.05) is 12.6 Å². The Bertz CT molecular complexity index is 976. The van der Waals surface area contributed by atoms with Gasteiger partial charge in [-0.1, -0.05) is 36.4 Å². The van der Waals surface area contributed by atoms with Crippen molar-refractivity contribution >= 4 is 29.4 Å². The van der Waals surface area contributed by atoms with Crippen LogP contribution in [0.1, 0.15) is 16.1 Å². The first kappa shape index (κ1) is 19.3. The average Bonchev–Trinajstić information content (AvgIpc) is 3.23. The van der Waals surface area contributed by atoms with E-state index < -0.39 is 23.7 Å². The van der Waals surface area contributed by atoms with E-state index in [1.165, 1.54) is 0 Å². The molecule has 3 rings (SSSR count). The highest BCUT2D eigenvalue weighted by molar-refractivity contribution is 6.99. The van der Waals surface area contributed by atoms with E-state index in [-0.39, 0.29) is 12.1 Å². The number of benzene rings is 1. The van der Waals surface area contributed by atoms with E-state index in [0.717, 1.165) is 24.4 Å². The van der Waals surface area contributed by atoms with E-state index in [4.69, 9.17) is 0 Å². The van der Waals surface area contributed by atoms with E-state index >= 15 is 0 Å². The Morgan fingerprint density at radius 1 is 1.07 bits per heavy atom. The third-order valence-electron chi connectivity index (χ3n) is 3.90. The Balaban J connectivity index is 1.85. The lowest BCUT2D eigenvalue weighted by molar-refractivity contribution is -0.152. The molecule has 9 heteroatoms. The molecule has 0 bridgehead atoms. The van der Waals surface area contributed by atoms with Gasteiger partial charge in [-0.05, 0) is 17.7 Å². The summed E-state index contributed by atoms with van der Waals surface area (Å²) in [5.74, 6) is -2.49. The number of pyridine rings is 1. The Morgan fingerprint density at radius 2 is 1.82 bits per heavy atom. The molecule has 28 heavy (non-hydrogen) atoms. The molecule has 0 saturated carbocycles. The number of aromatic nitrogens is 3. The summed E-state index contributed by atoms with van der Waals surface area (Å²) in [5, 5.41) is 2.58. The lowest BCUT2D eigenvalue weighted by Crippen LogP contribution is -2.46. The topological polar surface area (TPSA) is 111 Å². The Morgan fingerprint density at radius 3 is 2.50 bits per heavy atom. The number of Topliss-reactive ketones (excluding diaryl/α,β-unsaturated/α-hetero) is 1. The zero-order valence-corrected chi connectivity index (χ0v) is 15.7. The largest absolute Gasteiger partial charge is 0.463 e. The summed E-state index contributed by atoms with van der Waals surface area (Å²) in [5.41, 5.74) is 1.62. The fourth-order valence-electron chi connectivity index (χ4n) is 2.54. The number of hydrogen-bond donors (Lipinski definition) is 1. The molecule has 1 atom stereocenters. The van der Waals surface area contributed by atoms with Crippen LogP contribution >= 0.6 is 11.7 Å². The number of carbonyl (C=O) groups is 3. The smallest absolute Gasteiger partial charge is 0.376 e. The van der Waals surface area contributed by atoms with Crippen LogP contribution in [-0.2, 0) is 20.7 Å². The molecule has 2 heterocycles. The summed E-state index contributed by atoms with van der Waals surface area (Å²) in [6.45, 7) is 0. The van der Waals surface area contributed by atoms with Crippen molar-refractivity contribution in [1.82, 2.24) is 19.0 Å². The molecule has 1 N–H and O–H groups in total. The molecule has 0 fully saturated rings. The highest BCUT2D eigenvalue weighted by Crippen LogP contribution is 2.19. The van der Waals surface area contributed by atoms with Gasteiger partial charge >= 0.3 is 5.97 Å². The molecule has 0 saturated heterocycles. The summed E-state index contributed by atoms with van der Waals surface area (Å²) in [4.78, 5) is 41.1. The average molecular weight is 396 g/mol. The maximum atomic E-state index is 12.8. The van der Waals surface area contributed by atoms with Crippen LogP contribution in [0.4, 0.5) is 0 Å². The molecule has 0 spiro atoms. The SMILES string of the molecule is COC(=O)C(=O)C(Cc1ccccc1)NC(=O)c1nsnc1-c1ccccn1. The van der Waals surface area contributed by atoms with Crippen molar-refractivity contribution in [2.45, 2.75) is 12.5 Å². The van der Waals surface area contributed by atoms with Crippen LogP contribution in [0, 0.1) is 0 Å². The molecule has 0 aliphatic heterocycles. The third-order valence-corrected chi connectivity index (χ3v) is 4.43. The number of methoxy groups -OCH3 is 1. The van der Waals surface area contributed by atoms with Gasteiger partial charge in [0.2, 0.25) is 0 Å². The molecule has 0 radical (unpaired) electrons. The van der Waals surface area contributed by atoms with Crippen LogP contribution in [0.2, 0.25) is 0 Å². The summed E-state index contributed by atoms with van der Waals surface area (Å²) < 4.78 is 12.7. The minimum atomic E-state index is -1.10. The van der Waals surface area contributed by atoms with E-state index in [1.807, 2.05) is 6.07 Å². The standard InChI is InChI=1S/C19H16N4O4S/c1-27-19(26)17(24)14(11-12-7-3-2-4-8-12)21-18(25)16-15(22-28-23-16)13-9-5-6-10-20-13/h2-10,14H,11H2,1H3,(H,21,25). The van der Waals surface area contributed by atoms with Crippen molar-refractivity contribution in [2.75, 3.05) is 7.11 Å². The first-order chi connectivity index (χ1) is 13.6. The van der Waals surface area contributed by atoms with Gasteiger partial charge in [0.1, 0.15) is 11.7 Å². The number of carbonyl (C=O) groups excluding carboxylic acids is 3. The first-order valence-electron chi connectivity index (χ1n) is 8.31. The van der Waals surface area contributed by atoms with Crippen molar-refractivity contribution in [1.29, 1.82) is 0 Å². The van der Waals surface area contributed by atoms with Crippen LogP contribution in [0.15, 0.2) is 54.7 Å². The van der Waals surface area contributed by atoms with E-state index in [2.05, 4.69) is 23.8 Å². The number of amides is 1. The fraction of sp³-hybridized carbons (Fsp3) is 0.158. The molecule has 0 aliphatic carbocycles. The number of ether oxygens (including phenoxy) is 1. The molecule has 1 aromatic carbocycles. The Hall–Kier alpha value is -3.46. The van der Waals surface area contributed by atoms with Crippen LogP contribution in [0.3, 0.4) is 0 Å². The molecule has 2 aromatic heterocycles. The Kier molecular flexibility index (Phi) is 6.18. The molecule has 1 amide bonds. The molecular formula is C19H16N4O4S. The predicted molar refractivity (Wildman–Crippen MR) is 102 cm³/mol. The Labute approximate surface area is 164 Å². The lowest BCUT2D eigenvalue weighted by Gasteiger charge is -2.16. The van der Waals surface area contributed by atoms with Gasteiger partial charge in [0.05, 0.1) is 24.5 Å². The molecule has 142 valence electrons. The maximum Gasteiger partial charge on any atom is 0.376 e. The minimum absolute atomic E-state index is 0.0411. The van der Waals surface area contributed by atoms with Gasteiger partial charge in [-0.25, -0.2) is 4.79 Å². The van der Waals surface area contributed by atoms with Gasteiger partial charge in [-0.2, -0.15) is 8.75 Å². The highest BCUT2D eigenvalue weighted by atomic mass is 32.1. The van der Waals surface area contributed by atoms with Gasteiger partial charge in [0.15, 0.2) is 5.69 Å². The second-order valence-electron chi connectivity index (χ2n) is 5.75. The predicted octanol–water partition coefficient (Wildman–Crippen LogP) is 1.68. The summed E-state index contributed by atoms with van der Waals surface area (Å²) >= 11 is 0.862. The van der Waals surface area contributed by atoms with Crippen LogP contribution < -0.4 is 5.32 Å². The number of nitrogens with zero attached hydrogens (tertiary/aromatic N) is 3. The van der Waals surface area contributed by atoms with Crippen LogP contribution in [0.5, 0.6) is 0 Å². The van der Waals surface area contributed by atoms with Crippen molar-refractivity contribution in [3.8, 4) is 11.4 Å². The highest BCUT2D eigenvalue weighted by Gasteiger charge is 2.30. The maximum absolute atomic E-state index is 12.8. The van der Waals surface area contributed by atoms with Crippen LogP contribution in [0.25, 0.3) is 11.4 Å². The van der Waals surface area contributed by atoms with Gasteiger partial charge in [-0.15, -0.1) is 0 Å². The second-order valence-corrected chi connectivity index (χ2v) is 6.28. The number of nitrogens with one attached hydrogen (secondary N) is 1. The third kappa shape index (κ3) is 4.44. The summed E-state index contributed by atoms with van der Waals surface area (Å²) in [7, 11) is 1.12. The van der Waals surface area contributed by atoms with Crippen molar-refractivity contribution in [3.63, 3.8) is 0 Å². The second kappa shape index (κ2) is 8.96. The fourth-order valence-corrected chi connectivity index (χ4v) is 3.09. The molecule has 3 aromatic rings. The normalized spacial score (nSPS) is 11.5. The zero-order valence-electron chi connectivity index (χ0n) is 14.9. The van der Waals surface area contributed by atoms with E-state index in [9.17, 15) is 14.4 Å². The quantitative estimate of drug-likeness (QED) is 0.478. The van der Waals surface area contributed by atoms with Gasteiger partial charge in [-0.3, -0.25) is 14.6 Å². The minimum Gasteiger partial charge on any atom is -0.463 e. The molecule has 1 unspecified atom stereocenters. The summed E-state index contributed by atoms with van der Waals surface area (Å²) in [6.07, 6.45) is 1.71. The summed E-state index contributed by atoms with van der Waals surface area (Å²) in [6, 6.07) is 13.2. The van der Waals surface area contributed by atoms with Crippen molar-refractivity contribution in [3.05, 3.63) is 66.0 Å². The van der Waals surface area contributed by atoms with Crippen molar-refractivity contribution < 1.29 is 19.1 Å². The molecule has 0 aliphatic rings.